The van der Waals surface area contributed by atoms with Crippen LogP contribution >= 0.6 is 0 Å². The number of likely N-dealkylation sites (tertiary alicyclic amines) is 1. The summed E-state index contributed by atoms with van der Waals surface area (Å²) < 4.78 is 12.5. The smallest absolute Gasteiger partial charge is 0.298 e. The molecule has 192 valence electrons. The maximum Gasteiger partial charge on any atom is 0.298 e. The van der Waals surface area contributed by atoms with Gasteiger partial charge in [-0.15, -0.1) is 0 Å². The van der Waals surface area contributed by atoms with Crippen molar-refractivity contribution >= 4 is 5.91 Å². The molecule has 1 spiro atoms. The van der Waals surface area contributed by atoms with Crippen LogP contribution in [0, 0.1) is 23.7 Å². The molecular formula is C31H34N2O4. The molecule has 6 nitrogen and oxygen atoms in total. The zero-order valence-electron chi connectivity index (χ0n) is 21.6. The first-order valence-electron chi connectivity index (χ1n) is 13.7. The Hall–Kier alpha value is -3.17. The van der Waals surface area contributed by atoms with Crippen molar-refractivity contribution in [3.05, 3.63) is 53.1 Å². The van der Waals surface area contributed by atoms with Crippen LogP contribution in [0.3, 0.4) is 0 Å². The highest BCUT2D eigenvalue weighted by molar-refractivity contribution is 5.94. The summed E-state index contributed by atoms with van der Waals surface area (Å²) in [7, 11) is 3.50. The minimum Gasteiger partial charge on any atom is -0.508 e. The quantitative estimate of drug-likeness (QED) is 0.651. The number of likely N-dealkylation sites (N-methyl/N-ethyl adjacent to an activating group) is 1. The molecule has 2 aliphatic heterocycles. The third kappa shape index (κ3) is 3.40. The Morgan fingerprint density at radius 3 is 2.81 bits per heavy atom. The van der Waals surface area contributed by atoms with Crippen LogP contribution in [0.5, 0.6) is 17.2 Å². The highest BCUT2D eigenvalue weighted by atomic mass is 16.5. The Balaban J connectivity index is 1.27. The van der Waals surface area contributed by atoms with Gasteiger partial charge in [0.2, 0.25) is 0 Å². The number of aromatic hydroxyl groups is 1. The fraction of sp³-hybridized carbons (Fsp3) is 0.516. The molecule has 6 heteroatoms. The van der Waals surface area contributed by atoms with Gasteiger partial charge in [-0.05, 0) is 69.0 Å². The van der Waals surface area contributed by atoms with Crippen LogP contribution in [0.15, 0.2) is 36.4 Å². The normalized spacial score (nSPS) is 31.0. The van der Waals surface area contributed by atoms with Gasteiger partial charge in [-0.3, -0.25) is 9.69 Å². The number of carbonyl (C=O) groups excluding carboxylic acids is 1. The van der Waals surface area contributed by atoms with Crippen LogP contribution in [-0.4, -0.2) is 66.2 Å². The molecule has 0 radical (unpaired) electrons. The molecule has 7 rings (SSSR count). The number of carbonyl (C=O) groups is 1. The predicted octanol–water partition coefficient (Wildman–Crippen LogP) is 3.73. The van der Waals surface area contributed by atoms with Gasteiger partial charge in [0.25, 0.3) is 5.91 Å². The molecule has 2 saturated carbocycles. The molecule has 37 heavy (non-hydrogen) atoms. The number of methoxy groups -OCH3 is 1. The van der Waals surface area contributed by atoms with E-state index in [1.807, 2.05) is 42.3 Å². The minimum atomic E-state index is -0.218. The minimum absolute atomic E-state index is 0.0883. The summed E-state index contributed by atoms with van der Waals surface area (Å²) in [6, 6.07) is 11.7. The summed E-state index contributed by atoms with van der Waals surface area (Å²) in [4.78, 5) is 17.8. The molecule has 2 bridgehead atoms. The molecule has 2 heterocycles. The molecule has 2 aromatic carbocycles. The summed E-state index contributed by atoms with van der Waals surface area (Å²) in [5.74, 6) is 8.67. The molecule has 0 aromatic heterocycles. The SMILES string of the molecule is COc1cc(O)c2c3c1O[C@H]1[C@@H](N(C)C(=O)C#Cc4ccccc4)CC[C@H]4[C@@H](C2)N(CC2CC2)CC[C@@]341. The second-order valence-corrected chi connectivity index (χ2v) is 11.6. The standard InChI is InChI=1S/C31H34N2O4/c1-32(27(35)13-10-19-6-4-3-5-7-19)23-12-11-22-24-16-21-25(34)17-26(36-2)29-28(21)31(22,30(23)37-29)14-15-33(24)18-20-8-9-20/h3-7,17,20,22-24,30,34H,8-9,11-12,14-16,18H2,1-2H3/t22-,23-,24+,30-,31-/m0/s1. The summed E-state index contributed by atoms with van der Waals surface area (Å²) in [5, 5.41) is 11.1. The number of piperidine rings is 1. The molecule has 5 aliphatic rings. The molecule has 1 amide bonds. The van der Waals surface area contributed by atoms with Gasteiger partial charge >= 0.3 is 0 Å². The fourth-order valence-electron chi connectivity index (χ4n) is 7.94. The molecule has 5 atom stereocenters. The third-order valence-corrected chi connectivity index (χ3v) is 9.81. The number of phenols is 1. The molecule has 1 saturated heterocycles. The van der Waals surface area contributed by atoms with Crippen molar-refractivity contribution in [1.82, 2.24) is 9.80 Å². The first kappa shape index (κ1) is 23.0. The Kier molecular flexibility index (Phi) is 5.23. The zero-order chi connectivity index (χ0) is 25.3. The van der Waals surface area contributed by atoms with Crippen molar-refractivity contribution in [1.29, 1.82) is 0 Å². The van der Waals surface area contributed by atoms with E-state index in [0.717, 1.165) is 60.6 Å². The second kappa shape index (κ2) is 8.43. The lowest BCUT2D eigenvalue weighted by Crippen LogP contribution is -2.69. The molecular weight excluding hydrogens is 464 g/mol. The lowest BCUT2D eigenvalue weighted by molar-refractivity contribution is -0.134. The second-order valence-electron chi connectivity index (χ2n) is 11.6. The van der Waals surface area contributed by atoms with E-state index in [0.29, 0.717) is 23.5 Å². The predicted molar refractivity (Wildman–Crippen MR) is 140 cm³/mol. The molecule has 3 aliphatic carbocycles. The Labute approximate surface area is 218 Å². The van der Waals surface area contributed by atoms with Gasteiger partial charge in [0.1, 0.15) is 11.9 Å². The number of rotatable bonds is 4. The van der Waals surface area contributed by atoms with Crippen LogP contribution in [0.25, 0.3) is 0 Å². The van der Waals surface area contributed by atoms with Gasteiger partial charge < -0.3 is 19.5 Å². The lowest BCUT2D eigenvalue weighted by atomic mass is 9.50. The van der Waals surface area contributed by atoms with Gasteiger partial charge in [0, 0.05) is 53.7 Å². The van der Waals surface area contributed by atoms with Gasteiger partial charge in [-0.25, -0.2) is 0 Å². The van der Waals surface area contributed by atoms with Crippen LogP contribution in [-0.2, 0) is 16.6 Å². The number of hydrogen-bond acceptors (Lipinski definition) is 5. The number of amides is 1. The van der Waals surface area contributed by atoms with Crippen molar-refractivity contribution in [2.75, 3.05) is 27.2 Å². The van der Waals surface area contributed by atoms with E-state index >= 15 is 0 Å². The highest BCUT2D eigenvalue weighted by Gasteiger charge is 2.67. The topological polar surface area (TPSA) is 62.2 Å². The van der Waals surface area contributed by atoms with Crippen LogP contribution in [0.1, 0.15) is 48.8 Å². The number of phenolic OH excluding ortho intramolecular Hbond substituents is 1. The van der Waals surface area contributed by atoms with E-state index in [1.54, 1.807) is 13.2 Å². The summed E-state index contributed by atoms with van der Waals surface area (Å²) >= 11 is 0. The fourth-order valence-corrected chi connectivity index (χ4v) is 7.94. The average molecular weight is 499 g/mol. The first-order valence-corrected chi connectivity index (χ1v) is 13.7. The molecule has 3 fully saturated rings. The van der Waals surface area contributed by atoms with Crippen LogP contribution in [0.4, 0.5) is 0 Å². The number of ether oxygens (including phenoxy) is 2. The number of hydrogen-bond donors (Lipinski definition) is 1. The number of benzene rings is 2. The van der Waals surface area contributed by atoms with Gasteiger partial charge in [-0.2, -0.15) is 0 Å². The van der Waals surface area contributed by atoms with Crippen molar-refractivity contribution in [2.45, 2.75) is 62.1 Å². The van der Waals surface area contributed by atoms with Crippen molar-refractivity contribution < 1.29 is 19.4 Å². The van der Waals surface area contributed by atoms with E-state index in [-0.39, 0.29) is 23.5 Å². The van der Waals surface area contributed by atoms with E-state index in [9.17, 15) is 9.90 Å². The Bertz CT molecular complexity index is 1310. The molecule has 2 aromatic rings. The number of nitrogens with zero attached hydrogens (tertiary/aromatic N) is 2. The molecule has 1 N–H and O–H groups in total. The zero-order valence-corrected chi connectivity index (χ0v) is 21.6. The van der Waals surface area contributed by atoms with Gasteiger partial charge in [0.15, 0.2) is 11.5 Å². The maximum absolute atomic E-state index is 13.3. The summed E-state index contributed by atoms with van der Waals surface area (Å²) in [6.45, 7) is 2.20. The Morgan fingerprint density at radius 2 is 2.05 bits per heavy atom. The van der Waals surface area contributed by atoms with Crippen molar-refractivity contribution in [3.8, 4) is 29.1 Å². The average Bonchev–Trinajstić information content (AvgIpc) is 3.67. The maximum atomic E-state index is 13.3. The van der Waals surface area contributed by atoms with Crippen LogP contribution in [0.2, 0.25) is 0 Å². The molecule has 0 unspecified atom stereocenters. The summed E-state index contributed by atoms with van der Waals surface area (Å²) in [5.41, 5.74) is 2.80. The summed E-state index contributed by atoms with van der Waals surface area (Å²) in [6.07, 6.45) is 6.27. The van der Waals surface area contributed by atoms with E-state index in [4.69, 9.17) is 9.47 Å². The largest absolute Gasteiger partial charge is 0.508 e. The first-order chi connectivity index (χ1) is 18.0. The van der Waals surface area contributed by atoms with Crippen LogP contribution < -0.4 is 9.47 Å². The van der Waals surface area contributed by atoms with E-state index in [2.05, 4.69) is 16.7 Å². The third-order valence-electron chi connectivity index (χ3n) is 9.81. The van der Waals surface area contributed by atoms with Crippen molar-refractivity contribution in [2.24, 2.45) is 11.8 Å². The van der Waals surface area contributed by atoms with Crippen molar-refractivity contribution in [3.63, 3.8) is 0 Å². The van der Waals surface area contributed by atoms with Gasteiger partial charge in [0.05, 0.1) is 13.2 Å². The van der Waals surface area contributed by atoms with Gasteiger partial charge in [-0.1, -0.05) is 24.1 Å². The lowest BCUT2D eigenvalue weighted by Gasteiger charge is -2.60. The highest BCUT2D eigenvalue weighted by Crippen LogP contribution is 2.65. The monoisotopic (exact) mass is 498 g/mol. The van der Waals surface area contributed by atoms with E-state index in [1.165, 1.54) is 19.4 Å². The Morgan fingerprint density at radius 1 is 1.24 bits per heavy atom. The van der Waals surface area contributed by atoms with E-state index < -0.39 is 0 Å².